The third-order valence-corrected chi connectivity index (χ3v) is 3.20. The Balaban J connectivity index is 3.08. The van der Waals surface area contributed by atoms with Gasteiger partial charge in [-0.3, -0.25) is 15.1 Å². The summed E-state index contributed by atoms with van der Waals surface area (Å²) in [6.07, 6.45) is 1.25. The molecule has 0 radical (unpaired) electrons. The molecule has 0 N–H and O–H groups in total. The summed E-state index contributed by atoms with van der Waals surface area (Å²) in [5.74, 6) is 0.0434. The smallest absolute Gasteiger partial charge is 0.258 e. The van der Waals surface area contributed by atoms with Crippen LogP contribution in [-0.4, -0.2) is 15.3 Å². The van der Waals surface area contributed by atoms with Gasteiger partial charge in [0.1, 0.15) is 6.20 Å². The maximum atomic E-state index is 10.5. The molecule has 15 heavy (non-hydrogen) atoms. The van der Waals surface area contributed by atoms with Gasteiger partial charge < -0.3 is 0 Å². The van der Waals surface area contributed by atoms with E-state index in [4.69, 9.17) is 11.6 Å². The lowest BCUT2D eigenvalue weighted by Crippen LogP contribution is -2.08. The van der Waals surface area contributed by atoms with Gasteiger partial charge >= 0.3 is 0 Å². The van der Waals surface area contributed by atoms with Gasteiger partial charge in [-0.1, -0.05) is 6.92 Å². The molecule has 1 aromatic heterocycles. The van der Waals surface area contributed by atoms with Gasteiger partial charge in [-0.2, -0.15) is 0 Å². The van der Waals surface area contributed by atoms with E-state index in [1.807, 2.05) is 13.8 Å². The molecule has 0 bridgehead atoms. The second-order valence-electron chi connectivity index (χ2n) is 3.28. The number of nitrogens with zero attached hydrogens (tertiary/aromatic N) is 2. The van der Waals surface area contributed by atoms with E-state index in [0.29, 0.717) is 4.47 Å². The first-order chi connectivity index (χ1) is 6.93. The number of nitro groups is 1. The van der Waals surface area contributed by atoms with Crippen molar-refractivity contribution in [2.24, 2.45) is 0 Å². The molecule has 6 heteroatoms. The lowest BCUT2D eigenvalue weighted by atomic mass is 10.0. The van der Waals surface area contributed by atoms with Crippen molar-refractivity contribution in [2.45, 2.75) is 25.1 Å². The Hall–Kier alpha value is -0.680. The van der Waals surface area contributed by atoms with Crippen LogP contribution in [-0.2, 0) is 0 Å². The fourth-order valence-electron chi connectivity index (χ4n) is 1.09. The van der Waals surface area contributed by atoms with Crippen LogP contribution in [0.1, 0.15) is 25.5 Å². The van der Waals surface area contributed by atoms with Crippen LogP contribution in [0.3, 0.4) is 0 Å². The van der Waals surface area contributed by atoms with Crippen molar-refractivity contribution < 1.29 is 4.92 Å². The molecule has 1 rings (SSSR count). The maximum absolute atomic E-state index is 10.5. The van der Waals surface area contributed by atoms with E-state index in [1.165, 1.54) is 12.3 Å². The first-order valence-electron chi connectivity index (χ1n) is 4.37. The first kappa shape index (κ1) is 12.4. The molecule has 2 unspecified atom stereocenters. The van der Waals surface area contributed by atoms with Gasteiger partial charge in [-0.25, -0.2) is 0 Å². The van der Waals surface area contributed by atoms with E-state index in [0.717, 1.165) is 5.69 Å². The molecular weight excluding hydrogens is 283 g/mol. The highest BCUT2D eigenvalue weighted by Crippen LogP contribution is 2.29. The second kappa shape index (κ2) is 4.90. The lowest BCUT2D eigenvalue weighted by Gasteiger charge is -2.14. The molecule has 0 aliphatic rings. The Labute approximate surface area is 101 Å². The number of hydrogen-bond donors (Lipinski definition) is 0. The van der Waals surface area contributed by atoms with E-state index >= 15 is 0 Å². The molecule has 0 aliphatic carbocycles. The molecule has 0 saturated heterocycles. The predicted octanol–water partition coefficient (Wildman–Crippen LogP) is 3.48. The molecule has 0 spiro atoms. The summed E-state index contributed by atoms with van der Waals surface area (Å²) in [7, 11) is 0. The normalized spacial score (nSPS) is 14.7. The molecule has 0 fully saturated rings. The van der Waals surface area contributed by atoms with E-state index in [-0.39, 0.29) is 17.0 Å². The summed E-state index contributed by atoms with van der Waals surface area (Å²) in [4.78, 5) is 14.1. The van der Waals surface area contributed by atoms with Gasteiger partial charge in [0.2, 0.25) is 0 Å². The highest BCUT2D eigenvalue weighted by atomic mass is 79.9. The fraction of sp³-hybridized carbons (Fsp3) is 0.444. The van der Waals surface area contributed by atoms with Gasteiger partial charge in [-0.05, 0) is 22.9 Å². The molecule has 4 nitrogen and oxygen atoms in total. The standard InChI is InChI=1S/C9H10BrClN2O2/c1-5(6(2)11)9-8(10)3-7(4-12-9)13(14)15/h3-6H,1-2H3. The largest absolute Gasteiger partial charge is 0.288 e. The van der Waals surface area contributed by atoms with E-state index in [1.54, 1.807) is 0 Å². The third kappa shape index (κ3) is 2.89. The van der Waals surface area contributed by atoms with Crippen LogP contribution in [0.4, 0.5) is 5.69 Å². The van der Waals surface area contributed by atoms with Crippen LogP contribution < -0.4 is 0 Å². The zero-order valence-electron chi connectivity index (χ0n) is 8.28. The Morgan fingerprint density at radius 1 is 1.60 bits per heavy atom. The van der Waals surface area contributed by atoms with Crippen molar-refractivity contribution in [3.63, 3.8) is 0 Å². The van der Waals surface area contributed by atoms with Crippen LogP contribution in [0.15, 0.2) is 16.7 Å². The summed E-state index contributed by atoms with van der Waals surface area (Å²) >= 11 is 9.20. The van der Waals surface area contributed by atoms with E-state index < -0.39 is 4.92 Å². The van der Waals surface area contributed by atoms with Crippen molar-refractivity contribution in [3.05, 3.63) is 32.5 Å². The number of aromatic nitrogens is 1. The molecule has 2 atom stereocenters. The maximum Gasteiger partial charge on any atom is 0.288 e. The summed E-state index contributed by atoms with van der Waals surface area (Å²) in [5.41, 5.74) is 0.711. The van der Waals surface area contributed by atoms with Crippen molar-refractivity contribution >= 4 is 33.2 Å². The van der Waals surface area contributed by atoms with Crippen molar-refractivity contribution in [1.82, 2.24) is 4.98 Å². The third-order valence-electron chi connectivity index (χ3n) is 2.19. The zero-order chi connectivity index (χ0) is 11.6. The van der Waals surface area contributed by atoms with Gasteiger partial charge in [0.05, 0.1) is 10.6 Å². The van der Waals surface area contributed by atoms with Crippen LogP contribution >= 0.6 is 27.5 Å². The van der Waals surface area contributed by atoms with Gasteiger partial charge in [0.15, 0.2) is 0 Å². The monoisotopic (exact) mass is 292 g/mol. The summed E-state index contributed by atoms with van der Waals surface area (Å²) in [6, 6.07) is 1.44. The number of halogens is 2. The summed E-state index contributed by atoms with van der Waals surface area (Å²) < 4.78 is 0.622. The molecule has 1 aromatic rings. The number of alkyl halides is 1. The molecule has 1 heterocycles. The van der Waals surface area contributed by atoms with Crippen molar-refractivity contribution in [2.75, 3.05) is 0 Å². The number of rotatable bonds is 3. The minimum Gasteiger partial charge on any atom is -0.258 e. The van der Waals surface area contributed by atoms with Crippen LogP contribution in [0.5, 0.6) is 0 Å². The molecule has 82 valence electrons. The highest BCUT2D eigenvalue weighted by molar-refractivity contribution is 9.10. The van der Waals surface area contributed by atoms with Gasteiger partial charge in [0, 0.05) is 21.8 Å². The number of pyridine rings is 1. The number of hydrogen-bond acceptors (Lipinski definition) is 3. The first-order valence-corrected chi connectivity index (χ1v) is 5.60. The minimum absolute atomic E-state index is 0.0277. The topological polar surface area (TPSA) is 56.0 Å². The van der Waals surface area contributed by atoms with E-state index in [9.17, 15) is 10.1 Å². The van der Waals surface area contributed by atoms with Gasteiger partial charge in [0.25, 0.3) is 5.69 Å². The Kier molecular flexibility index (Phi) is 4.04. The average molecular weight is 294 g/mol. The molecular formula is C9H10BrClN2O2. The highest BCUT2D eigenvalue weighted by Gasteiger charge is 2.18. The van der Waals surface area contributed by atoms with Gasteiger partial charge in [-0.15, -0.1) is 11.6 Å². The molecule has 0 aliphatic heterocycles. The Bertz CT molecular complexity index is 384. The quantitative estimate of drug-likeness (QED) is 0.487. The van der Waals surface area contributed by atoms with Crippen LogP contribution in [0, 0.1) is 10.1 Å². The summed E-state index contributed by atoms with van der Waals surface area (Å²) in [6.45, 7) is 3.79. The Morgan fingerprint density at radius 2 is 2.20 bits per heavy atom. The Morgan fingerprint density at radius 3 is 2.60 bits per heavy atom. The zero-order valence-corrected chi connectivity index (χ0v) is 10.6. The minimum atomic E-state index is -0.476. The SMILES string of the molecule is CC(Cl)C(C)c1ncc([N+](=O)[O-])cc1Br. The van der Waals surface area contributed by atoms with Crippen molar-refractivity contribution in [3.8, 4) is 0 Å². The van der Waals surface area contributed by atoms with E-state index in [2.05, 4.69) is 20.9 Å². The van der Waals surface area contributed by atoms with Crippen LogP contribution in [0.2, 0.25) is 0 Å². The average Bonchev–Trinajstić information content (AvgIpc) is 2.16. The van der Waals surface area contributed by atoms with Crippen LogP contribution in [0.25, 0.3) is 0 Å². The fourth-order valence-corrected chi connectivity index (χ4v) is 1.91. The lowest BCUT2D eigenvalue weighted by molar-refractivity contribution is -0.385. The second-order valence-corrected chi connectivity index (χ2v) is 4.83. The molecule has 0 saturated carbocycles. The predicted molar refractivity (Wildman–Crippen MR) is 62.3 cm³/mol. The molecule has 0 amide bonds. The van der Waals surface area contributed by atoms with Crippen molar-refractivity contribution in [1.29, 1.82) is 0 Å². The summed E-state index contributed by atoms with van der Waals surface area (Å²) in [5, 5.41) is 10.4. The molecule has 0 aromatic carbocycles.